The van der Waals surface area contributed by atoms with Gasteiger partial charge in [-0.2, -0.15) is 0 Å². The molecule has 0 saturated carbocycles. The van der Waals surface area contributed by atoms with Gasteiger partial charge in [0.15, 0.2) is 0 Å². The lowest BCUT2D eigenvalue weighted by molar-refractivity contribution is 0.161. The second-order valence-electron chi connectivity index (χ2n) is 8.58. The minimum atomic E-state index is -0.120. The van der Waals surface area contributed by atoms with E-state index in [9.17, 15) is 4.79 Å². The molecule has 0 aliphatic carbocycles. The fraction of sp³-hybridized carbons (Fsp3) is 0.417. The molecule has 0 bridgehead atoms. The van der Waals surface area contributed by atoms with Gasteiger partial charge in [-0.25, -0.2) is 9.97 Å². The lowest BCUT2D eigenvalue weighted by Gasteiger charge is -2.34. The Morgan fingerprint density at radius 2 is 1.94 bits per heavy atom. The van der Waals surface area contributed by atoms with Gasteiger partial charge in [-0.3, -0.25) is 14.4 Å². The summed E-state index contributed by atoms with van der Waals surface area (Å²) in [6.45, 7) is 14.1. The molecule has 4 heterocycles. The SMILES string of the molecule is C=N/C(=C\n1c(C)nc(-c2ccc3nc(C)cn3c2)cc1=O)C1CCN(C(C)C)CC1. The van der Waals surface area contributed by atoms with E-state index in [1.54, 1.807) is 10.6 Å². The summed E-state index contributed by atoms with van der Waals surface area (Å²) in [6, 6.07) is 6.02. The van der Waals surface area contributed by atoms with Crippen molar-refractivity contribution >= 4 is 18.6 Å². The lowest BCUT2D eigenvalue weighted by Crippen LogP contribution is -2.38. The van der Waals surface area contributed by atoms with E-state index >= 15 is 0 Å². The van der Waals surface area contributed by atoms with Crippen LogP contribution in [0.4, 0.5) is 0 Å². The van der Waals surface area contributed by atoms with Crippen molar-refractivity contribution in [1.82, 2.24) is 23.8 Å². The smallest absolute Gasteiger partial charge is 0.258 e. The first-order valence-corrected chi connectivity index (χ1v) is 10.8. The highest BCUT2D eigenvalue weighted by Gasteiger charge is 2.23. The molecule has 7 heteroatoms. The molecule has 0 unspecified atom stereocenters. The maximum Gasteiger partial charge on any atom is 0.258 e. The maximum absolute atomic E-state index is 13.0. The Morgan fingerprint density at radius 3 is 2.58 bits per heavy atom. The zero-order valence-electron chi connectivity index (χ0n) is 18.7. The van der Waals surface area contributed by atoms with Gasteiger partial charge in [-0.1, -0.05) is 0 Å². The minimum Gasteiger partial charge on any atom is -0.306 e. The molecular formula is C24H30N6O. The second kappa shape index (κ2) is 8.59. The molecule has 0 N–H and O–H groups in total. The first kappa shape index (κ1) is 21.2. The van der Waals surface area contributed by atoms with Crippen molar-refractivity contribution in [3.05, 3.63) is 58.2 Å². The fourth-order valence-corrected chi connectivity index (χ4v) is 4.30. The van der Waals surface area contributed by atoms with Crippen molar-refractivity contribution in [3.63, 3.8) is 0 Å². The van der Waals surface area contributed by atoms with Crippen LogP contribution in [0.25, 0.3) is 23.1 Å². The summed E-state index contributed by atoms with van der Waals surface area (Å²) in [5, 5.41) is 0. The highest BCUT2D eigenvalue weighted by molar-refractivity contribution is 5.61. The molecule has 7 nitrogen and oxygen atoms in total. The van der Waals surface area contributed by atoms with Crippen LogP contribution in [-0.2, 0) is 0 Å². The summed E-state index contributed by atoms with van der Waals surface area (Å²) in [5.41, 5.74) is 4.09. The Morgan fingerprint density at radius 1 is 1.19 bits per heavy atom. The third-order valence-electron chi connectivity index (χ3n) is 6.12. The largest absolute Gasteiger partial charge is 0.306 e. The van der Waals surface area contributed by atoms with Crippen molar-refractivity contribution < 1.29 is 0 Å². The normalized spacial score (nSPS) is 16.4. The van der Waals surface area contributed by atoms with Gasteiger partial charge in [0, 0.05) is 42.2 Å². The summed E-state index contributed by atoms with van der Waals surface area (Å²) in [4.78, 5) is 28.9. The number of pyridine rings is 1. The number of fused-ring (bicyclic) bond motifs is 1. The number of nitrogens with zero attached hydrogens (tertiary/aromatic N) is 6. The Balaban J connectivity index is 1.63. The lowest BCUT2D eigenvalue weighted by atomic mass is 9.93. The molecule has 1 aliphatic heterocycles. The summed E-state index contributed by atoms with van der Waals surface area (Å²) in [6.07, 6.45) is 7.77. The van der Waals surface area contributed by atoms with E-state index in [4.69, 9.17) is 4.98 Å². The van der Waals surface area contributed by atoms with Gasteiger partial charge in [0.05, 0.1) is 17.1 Å². The van der Waals surface area contributed by atoms with Crippen LogP contribution in [0.2, 0.25) is 0 Å². The van der Waals surface area contributed by atoms with Crippen LogP contribution in [0.1, 0.15) is 38.2 Å². The van der Waals surface area contributed by atoms with Crippen LogP contribution in [0.3, 0.4) is 0 Å². The molecule has 1 aliphatic rings. The van der Waals surface area contributed by atoms with Gasteiger partial charge >= 0.3 is 0 Å². The zero-order chi connectivity index (χ0) is 22.1. The zero-order valence-corrected chi connectivity index (χ0v) is 18.7. The predicted octanol–water partition coefficient (Wildman–Crippen LogP) is 3.79. The van der Waals surface area contributed by atoms with Crippen molar-refractivity contribution in [3.8, 4) is 11.3 Å². The Labute approximate surface area is 182 Å². The summed E-state index contributed by atoms with van der Waals surface area (Å²) >= 11 is 0. The van der Waals surface area contributed by atoms with Crippen LogP contribution >= 0.6 is 0 Å². The van der Waals surface area contributed by atoms with Gasteiger partial charge in [-0.15, -0.1) is 0 Å². The third kappa shape index (κ3) is 4.37. The van der Waals surface area contributed by atoms with Crippen molar-refractivity contribution in [2.24, 2.45) is 10.9 Å². The first-order chi connectivity index (χ1) is 14.9. The average molecular weight is 419 g/mol. The van der Waals surface area contributed by atoms with Crippen LogP contribution in [0.15, 0.2) is 46.1 Å². The molecule has 3 aromatic heterocycles. The van der Waals surface area contributed by atoms with Gasteiger partial charge < -0.3 is 9.30 Å². The van der Waals surface area contributed by atoms with E-state index in [1.807, 2.05) is 49.0 Å². The summed E-state index contributed by atoms with van der Waals surface area (Å²) in [7, 11) is 0. The number of aliphatic imine (C=N–C) groups is 1. The third-order valence-corrected chi connectivity index (χ3v) is 6.12. The molecule has 3 aromatic rings. The second-order valence-corrected chi connectivity index (χ2v) is 8.58. The minimum absolute atomic E-state index is 0.120. The highest BCUT2D eigenvalue weighted by Crippen LogP contribution is 2.27. The Kier molecular flexibility index (Phi) is 5.87. The van der Waals surface area contributed by atoms with Crippen molar-refractivity contribution in [2.45, 2.75) is 46.6 Å². The molecular weight excluding hydrogens is 388 g/mol. The number of aryl methyl sites for hydroxylation is 2. The molecule has 0 spiro atoms. The molecule has 4 rings (SSSR count). The van der Waals surface area contributed by atoms with E-state index in [1.165, 1.54) is 0 Å². The number of hydrogen-bond acceptors (Lipinski definition) is 5. The van der Waals surface area contributed by atoms with Crippen LogP contribution in [0.5, 0.6) is 0 Å². The monoisotopic (exact) mass is 418 g/mol. The number of imidazole rings is 1. The van der Waals surface area contributed by atoms with Gasteiger partial charge in [0.25, 0.3) is 5.56 Å². The molecule has 1 saturated heterocycles. The molecule has 31 heavy (non-hydrogen) atoms. The van der Waals surface area contributed by atoms with Gasteiger partial charge in [0.1, 0.15) is 11.5 Å². The number of aromatic nitrogens is 4. The van der Waals surface area contributed by atoms with Crippen LogP contribution in [-0.4, -0.2) is 49.7 Å². The van der Waals surface area contributed by atoms with Crippen molar-refractivity contribution in [2.75, 3.05) is 13.1 Å². The van der Waals surface area contributed by atoms with Crippen molar-refractivity contribution in [1.29, 1.82) is 0 Å². The summed E-state index contributed by atoms with van der Waals surface area (Å²) in [5.74, 6) is 0.940. The fourth-order valence-electron chi connectivity index (χ4n) is 4.30. The Bertz CT molecular complexity index is 1190. The molecule has 0 radical (unpaired) electrons. The first-order valence-electron chi connectivity index (χ1n) is 10.8. The highest BCUT2D eigenvalue weighted by atomic mass is 16.1. The number of piperidine rings is 1. The van der Waals surface area contributed by atoms with Gasteiger partial charge in [-0.05, 0) is 72.5 Å². The van der Waals surface area contributed by atoms with E-state index in [2.05, 4.69) is 35.4 Å². The topological polar surface area (TPSA) is 67.8 Å². The van der Waals surface area contributed by atoms with E-state index < -0.39 is 0 Å². The van der Waals surface area contributed by atoms with Gasteiger partial charge in [0.2, 0.25) is 0 Å². The predicted molar refractivity (Wildman–Crippen MR) is 125 cm³/mol. The molecule has 162 valence electrons. The van der Waals surface area contributed by atoms with E-state index in [0.29, 0.717) is 23.5 Å². The summed E-state index contributed by atoms with van der Waals surface area (Å²) < 4.78 is 3.54. The number of allylic oxidation sites excluding steroid dienone is 1. The molecule has 0 amide bonds. The molecule has 1 fully saturated rings. The number of likely N-dealkylation sites (tertiary alicyclic amines) is 1. The number of hydrogen-bond donors (Lipinski definition) is 0. The van der Waals surface area contributed by atoms with Crippen LogP contribution < -0.4 is 5.56 Å². The van der Waals surface area contributed by atoms with Crippen LogP contribution in [0, 0.1) is 19.8 Å². The quantitative estimate of drug-likeness (QED) is 0.591. The van der Waals surface area contributed by atoms with E-state index in [0.717, 1.165) is 48.5 Å². The molecule has 0 atom stereocenters. The Hall–Kier alpha value is -3.06. The standard InChI is InChI=1S/C24H30N6O/c1-16(2)28-10-8-19(9-11-28)22(25-5)15-30-18(4)27-21(12-24(30)31)20-6-7-23-26-17(3)13-29(23)14-20/h6-7,12-16,19H,5,8-11H2,1-4H3/b22-15-. The number of rotatable bonds is 5. The molecule has 0 aromatic carbocycles. The maximum atomic E-state index is 13.0. The van der Waals surface area contributed by atoms with E-state index in [-0.39, 0.29) is 5.56 Å². The average Bonchev–Trinajstić information content (AvgIpc) is 3.12.